The second-order valence-corrected chi connectivity index (χ2v) is 6.43. The second kappa shape index (κ2) is 5.90. The van der Waals surface area contributed by atoms with Crippen molar-refractivity contribution in [2.45, 2.75) is 25.1 Å². The van der Waals surface area contributed by atoms with Crippen LogP contribution in [0.15, 0.2) is 18.5 Å². The van der Waals surface area contributed by atoms with E-state index in [9.17, 15) is 26.1 Å². The number of ether oxygens (including phenoxy) is 1. The van der Waals surface area contributed by atoms with Crippen molar-refractivity contribution in [2.24, 2.45) is 5.92 Å². The minimum absolute atomic E-state index is 0.185. The van der Waals surface area contributed by atoms with Crippen LogP contribution in [-0.2, 0) is 21.0 Å². The zero-order valence-corrected chi connectivity index (χ0v) is 11.7. The summed E-state index contributed by atoms with van der Waals surface area (Å²) in [5.41, 5.74) is -0.653. The van der Waals surface area contributed by atoms with Crippen molar-refractivity contribution in [3.63, 3.8) is 0 Å². The maximum atomic E-state index is 12.6. The predicted molar refractivity (Wildman–Crippen MR) is 65.2 cm³/mol. The van der Waals surface area contributed by atoms with Crippen molar-refractivity contribution in [3.05, 3.63) is 29.6 Å². The number of alkyl halides is 3. The van der Waals surface area contributed by atoms with Crippen LogP contribution in [0.5, 0.6) is 0 Å². The molecule has 1 aliphatic heterocycles. The summed E-state index contributed by atoms with van der Waals surface area (Å²) in [6.45, 7) is 0.196. The van der Waals surface area contributed by atoms with Crippen LogP contribution in [-0.4, -0.2) is 30.3 Å². The monoisotopic (exact) mass is 324 g/mol. The predicted octanol–water partition coefficient (Wildman–Crippen LogP) is 2.11. The topological polar surface area (TPSA) is 79.3 Å². The maximum absolute atomic E-state index is 12.6. The SMILES string of the molecule is O=S(=O)([O-])CC1CCOC(c2cncc(C(F)(F)F)c2)C1. The summed E-state index contributed by atoms with van der Waals surface area (Å²) in [5, 5.41) is 0. The van der Waals surface area contributed by atoms with Gasteiger partial charge in [0.2, 0.25) is 0 Å². The highest BCUT2D eigenvalue weighted by Crippen LogP contribution is 2.35. The van der Waals surface area contributed by atoms with Crippen LogP contribution in [0, 0.1) is 5.92 Å². The zero-order valence-electron chi connectivity index (χ0n) is 10.8. The van der Waals surface area contributed by atoms with Gasteiger partial charge >= 0.3 is 6.18 Å². The van der Waals surface area contributed by atoms with Gasteiger partial charge in [-0.15, -0.1) is 0 Å². The second-order valence-electron chi connectivity index (χ2n) is 4.98. The number of aromatic nitrogens is 1. The number of nitrogens with zero attached hydrogens (tertiary/aromatic N) is 1. The number of rotatable bonds is 3. The Kier molecular flexibility index (Phi) is 4.54. The first-order chi connectivity index (χ1) is 9.65. The fraction of sp³-hybridized carbons (Fsp3) is 0.583. The van der Waals surface area contributed by atoms with Gasteiger partial charge in [-0.3, -0.25) is 4.98 Å². The largest absolute Gasteiger partial charge is 0.748 e. The van der Waals surface area contributed by atoms with E-state index in [0.29, 0.717) is 12.6 Å². The van der Waals surface area contributed by atoms with Crippen LogP contribution in [0.3, 0.4) is 0 Å². The van der Waals surface area contributed by atoms with Crippen molar-refractivity contribution in [3.8, 4) is 0 Å². The van der Waals surface area contributed by atoms with E-state index in [0.717, 1.165) is 6.07 Å². The molecule has 0 spiro atoms. The lowest BCUT2D eigenvalue weighted by Gasteiger charge is -2.30. The molecular formula is C12H13F3NO4S-. The van der Waals surface area contributed by atoms with Crippen molar-refractivity contribution in [2.75, 3.05) is 12.4 Å². The molecule has 2 heterocycles. The highest BCUT2D eigenvalue weighted by molar-refractivity contribution is 7.85. The van der Waals surface area contributed by atoms with Crippen molar-refractivity contribution < 1.29 is 30.9 Å². The molecular weight excluding hydrogens is 311 g/mol. The summed E-state index contributed by atoms with van der Waals surface area (Å²) in [6, 6.07) is 0.936. The number of halogens is 3. The van der Waals surface area contributed by atoms with Crippen LogP contribution >= 0.6 is 0 Å². The summed E-state index contributed by atoms with van der Waals surface area (Å²) in [4.78, 5) is 3.55. The third kappa shape index (κ3) is 4.65. The van der Waals surface area contributed by atoms with Gasteiger partial charge < -0.3 is 9.29 Å². The quantitative estimate of drug-likeness (QED) is 0.796. The molecule has 0 amide bonds. The molecule has 0 bridgehead atoms. The van der Waals surface area contributed by atoms with Gasteiger partial charge in [-0.05, 0) is 30.4 Å². The number of pyridine rings is 1. The average molecular weight is 324 g/mol. The molecule has 118 valence electrons. The van der Waals surface area contributed by atoms with E-state index >= 15 is 0 Å². The van der Waals surface area contributed by atoms with Crippen LogP contribution in [0.2, 0.25) is 0 Å². The van der Waals surface area contributed by atoms with E-state index in [4.69, 9.17) is 4.74 Å². The Morgan fingerprint density at radius 2 is 2.10 bits per heavy atom. The molecule has 5 nitrogen and oxygen atoms in total. The molecule has 0 aliphatic carbocycles. The van der Waals surface area contributed by atoms with E-state index in [1.807, 2.05) is 0 Å². The molecule has 0 saturated carbocycles. The van der Waals surface area contributed by atoms with E-state index < -0.39 is 39.6 Å². The first-order valence-electron chi connectivity index (χ1n) is 6.22. The summed E-state index contributed by atoms with van der Waals surface area (Å²) < 4.78 is 75.6. The molecule has 0 N–H and O–H groups in total. The van der Waals surface area contributed by atoms with E-state index in [-0.39, 0.29) is 18.6 Å². The molecule has 2 rings (SSSR count). The zero-order chi connectivity index (χ0) is 15.7. The molecule has 21 heavy (non-hydrogen) atoms. The van der Waals surface area contributed by atoms with Crippen molar-refractivity contribution >= 4 is 10.1 Å². The fourth-order valence-electron chi connectivity index (χ4n) is 2.33. The van der Waals surface area contributed by atoms with Crippen molar-refractivity contribution in [1.82, 2.24) is 4.98 Å². The third-order valence-corrected chi connectivity index (χ3v) is 4.17. The number of hydrogen-bond acceptors (Lipinski definition) is 5. The van der Waals surface area contributed by atoms with Gasteiger partial charge in [-0.1, -0.05) is 0 Å². The average Bonchev–Trinajstić information content (AvgIpc) is 2.36. The molecule has 9 heteroatoms. The van der Waals surface area contributed by atoms with Gasteiger partial charge in [0.05, 0.1) is 21.8 Å². The van der Waals surface area contributed by atoms with Crippen molar-refractivity contribution in [1.29, 1.82) is 0 Å². The standard InChI is InChI=1S/C12H14F3NO4S/c13-12(14,15)10-4-9(5-16-6-10)11-3-8(1-2-20-11)7-21(17,18)19/h4-6,8,11H,1-3,7H2,(H,17,18,19)/p-1. The smallest absolute Gasteiger partial charge is 0.417 e. The Labute approximate surface area is 119 Å². The van der Waals surface area contributed by atoms with Gasteiger partial charge in [-0.2, -0.15) is 13.2 Å². The van der Waals surface area contributed by atoms with Gasteiger partial charge in [-0.25, -0.2) is 8.42 Å². The Morgan fingerprint density at radius 1 is 1.38 bits per heavy atom. The Bertz CT molecular complexity index is 603. The van der Waals surface area contributed by atoms with Crippen LogP contribution < -0.4 is 0 Å². The normalized spacial score (nSPS) is 24.0. The molecule has 2 atom stereocenters. The van der Waals surface area contributed by atoms with Gasteiger partial charge in [0, 0.05) is 24.8 Å². The molecule has 1 saturated heterocycles. The summed E-state index contributed by atoms with van der Waals surface area (Å²) in [6.07, 6.45) is -2.63. The van der Waals surface area contributed by atoms with E-state index in [1.54, 1.807) is 0 Å². The van der Waals surface area contributed by atoms with Crippen LogP contribution in [0.4, 0.5) is 13.2 Å². The summed E-state index contributed by atoms with van der Waals surface area (Å²) in [5.74, 6) is -0.944. The van der Waals surface area contributed by atoms with E-state index in [2.05, 4.69) is 4.98 Å². The number of hydrogen-bond donors (Lipinski definition) is 0. The van der Waals surface area contributed by atoms with Gasteiger partial charge in [0.1, 0.15) is 0 Å². The maximum Gasteiger partial charge on any atom is 0.417 e. The Balaban J connectivity index is 2.15. The van der Waals surface area contributed by atoms with Gasteiger partial charge in [0.15, 0.2) is 0 Å². The lowest BCUT2D eigenvalue weighted by Crippen LogP contribution is -2.26. The lowest BCUT2D eigenvalue weighted by atomic mass is 9.93. The molecule has 1 fully saturated rings. The van der Waals surface area contributed by atoms with Crippen LogP contribution in [0.1, 0.15) is 30.1 Å². The Hall–Kier alpha value is -1.19. The minimum Gasteiger partial charge on any atom is -0.748 e. The third-order valence-electron chi connectivity index (χ3n) is 3.29. The molecule has 0 radical (unpaired) electrons. The molecule has 0 aromatic carbocycles. The Morgan fingerprint density at radius 3 is 2.71 bits per heavy atom. The molecule has 1 aromatic heterocycles. The minimum atomic E-state index is -4.50. The molecule has 1 aromatic rings. The highest BCUT2D eigenvalue weighted by Gasteiger charge is 2.32. The van der Waals surface area contributed by atoms with E-state index in [1.165, 1.54) is 6.20 Å². The first kappa shape index (κ1) is 16.2. The lowest BCUT2D eigenvalue weighted by molar-refractivity contribution is -0.138. The molecule has 1 aliphatic rings. The summed E-state index contributed by atoms with van der Waals surface area (Å²) >= 11 is 0. The molecule has 2 unspecified atom stereocenters. The highest BCUT2D eigenvalue weighted by atomic mass is 32.2. The first-order valence-corrected chi connectivity index (χ1v) is 7.80. The van der Waals surface area contributed by atoms with Gasteiger partial charge in [0.25, 0.3) is 0 Å². The van der Waals surface area contributed by atoms with Crippen LogP contribution in [0.25, 0.3) is 0 Å². The fourth-order valence-corrected chi connectivity index (χ4v) is 3.21. The summed E-state index contributed by atoms with van der Waals surface area (Å²) in [7, 11) is -4.36.